The third kappa shape index (κ3) is 1.88. The van der Waals surface area contributed by atoms with Gasteiger partial charge < -0.3 is 10.8 Å². The van der Waals surface area contributed by atoms with Crippen LogP contribution in [0, 0.1) is 0 Å². The number of aromatic nitrogens is 2. The molecule has 1 aromatic heterocycles. The molecule has 3 N–H and O–H groups in total. The van der Waals surface area contributed by atoms with Crippen molar-refractivity contribution in [1.29, 1.82) is 0 Å². The van der Waals surface area contributed by atoms with Gasteiger partial charge in [-0.15, -0.1) is 0 Å². The van der Waals surface area contributed by atoms with Crippen LogP contribution < -0.4 is 5.73 Å². The van der Waals surface area contributed by atoms with Gasteiger partial charge in [0.15, 0.2) is 0 Å². The number of hydrogen-bond donors (Lipinski definition) is 2. The molecular formula is C10H10BrN3O. The third-order valence-corrected chi connectivity index (χ3v) is 2.94. The zero-order chi connectivity index (χ0) is 10.8. The van der Waals surface area contributed by atoms with Gasteiger partial charge in [-0.05, 0) is 40.2 Å². The molecule has 0 aliphatic rings. The molecule has 5 heteroatoms. The van der Waals surface area contributed by atoms with E-state index in [-0.39, 0.29) is 5.75 Å². The van der Waals surface area contributed by atoms with Crippen molar-refractivity contribution in [3.63, 3.8) is 0 Å². The first kappa shape index (κ1) is 10.2. The lowest BCUT2D eigenvalue weighted by atomic mass is 10.3. The van der Waals surface area contributed by atoms with E-state index in [1.807, 2.05) is 0 Å². The highest BCUT2D eigenvalue weighted by molar-refractivity contribution is 9.10. The molecule has 2 aromatic rings. The Balaban J connectivity index is 2.45. The maximum atomic E-state index is 9.16. The summed E-state index contributed by atoms with van der Waals surface area (Å²) in [7, 11) is 0. The average molecular weight is 268 g/mol. The summed E-state index contributed by atoms with van der Waals surface area (Å²) in [5, 5.41) is 13.4. The Hall–Kier alpha value is -1.33. The van der Waals surface area contributed by atoms with Gasteiger partial charge in [0.25, 0.3) is 0 Å². The molecule has 0 spiro atoms. The number of rotatable bonds is 2. The number of hydrogen-bond acceptors (Lipinski definition) is 3. The maximum Gasteiger partial charge on any atom is 0.115 e. The number of nitrogens with zero attached hydrogens (tertiary/aromatic N) is 2. The summed E-state index contributed by atoms with van der Waals surface area (Å²) < 4.78 is 2.57. The van der Waals surface area contributed by atoms with Gasteiger partial charge in [0.1, 0.15) is 10.4 Å². The van der Waals surface area contributed by atoms with Crippen LogP contribution >= 0.6 is 15.9 Å². The van der Waals surface area contributed by atoms with Gasteiger partial charge in [0.05, 0.1) is 11.9 Å². The van der Waals surface area contributed by atoms with Crippen molar-refractivity contribution in [2.24, 2.45) is 5.73 Å². The first-order valence-electron chi connectivity index (χ1n) is 4.44. The molecule has 0 aliphatic carbocycles. The Morgan fingerprint density at radius 2 is 2.00 bits per heavy atom. The molecule has 0 aliphatic heterocycles. The van der Waals surface area contributed by atoms with E-state index in [0.717, 1.165) is 15.9 Å². The lowest BCUT2D eigenvalue weighted by Gasteiger charge is -2.03. The molecule has 0 atom stereocenters. The van der Waals surface area contributed by atoms with Crippen LogP contribution in [0.3, 0.4) is 0 Å². The third-order valence-electron chi connectivity index (χ3n) is 2.09. The number of aromatic hydroxyl groups is 1. The number of phenolic OH excluding ortho intramolecular Hbond substituents is 1. The van der Waals surface area contributed by atoms with E-state index in [2.05, 4.69) is 21.0 Å². The molecule has 0 radical (unpaired) electrons. The van der Waals surface area contributed by atoms with Crippen molar-refractivity contribution in [2.75, 3.05) is 0 Å². The number of nitrogens with two attached hydrogens (primary N) is 1. The zero-order valence-electron chi connectivity index (χ0n) is 7.89. The Morgan fingerprint density at radius 3 is 2.53 bits per heavy atom. The topological polar surface area (TPSA) is 64.1 Å². The second-order valence-corrected chi connectivity index (χ2v) is 3.84. The minimum atomic E-state index is 0.237. The summed E-state index contributed by atoms with van der Waals surface area (Å²) in [5.74, 6) is 0.237. The summed E-state index contributed by atoms with van der Waals surface area (Å²) in [6.07, 6.45) is 1.72. The van der Waals surface area contributed by atoms with E-state index >= 15 is 0 Å². The normalized spacial score (nSPS) is 10.5. The van der Waals surface area contributed by atoms with Crippen LogP contribution in [-0.2, 0) is 6.54 Å². The molecule has 0 saturated carbocycles. The van der Waals surface area contributed by atoms with Crippen LogP contribution in [0.5, 0.6) is 5.75 Å². The first-order valence-corrected chi connectivity index (χ1v) is 5.23. The van der Waals surface area contributed by atoms with Crippen LogP contribution in [0.15, 0.2) is 35.1 Å². The minimum absolute atomic E-state index is 0.237. The molecule has 0 unspecified atom stereocenters. The van der Waals surface area contributed by atoms with Crippen LogP contribution in [0.25, 0.3) is 5.69 Å². The van der Waals surface area contributed by atoms with Crippen LogP contribution in [0.2, 0.25) is 0 Å². The van der Waals surface area contributed by atoms with Crippen molar-refractivity contribution in [3.05, 3.63) is 40.6 Å². The Labute approximate surface area is 95.5 Å². The van der Waals surface area contributed by atoms with Gasteiger partial charge in [-0.25, -0.2) is 4.68 Å². The van der Waals surface area contributed by atoms with Gasteiger partial charge in [-0.1, -0.05) is 0 Å². The fraction of sp³-hybridized carbons (Fsp3) is 0.100. The molecule has 2 rings (SSSR count). The molecule has 0 fully saturated rings. The summed E-state index contributed by atoms with van der Waals surface area (Å²) in [5.41, 5.74) is 7.36. The Morgan fingerprint density at radius 1 is 1.33 bits per heavy atom. The minimum Gasteiger partial charge on any atom is -0.508 e. The van der Waals surface area contributed by atoms with E-state index in [4.69, 9.17) is 10.8 Å². The van der Waals surface area contributed by atoms with Crippen molar-refractivity contribution in [3.8, 4) is 11.4 Å². The summed E-state index contributed by atoms with van der Waals surface area (Å²) in [6.45, 7) is 0.443. The smallest absolute Gasteiger partial charge is 0.115 e. The molecule has 0 amide bonds. The average Bonchev–Trinajstić information content (AvgIpc) is 2.61. The highest BCUT2D eigenvalue weighted by Gasteiger charge is 2.07. The van der Waals surface area contributed by atoms with Crippen LogP contribution in [0.1, 0.15) is 5.56 Å². The molecule has 0 saturated heterocycles. The monoisotopic (exact) mass is 267 g/mol. The van der Waals surface area contributed by atoms with Crippen LogP contribution in [-0.4, -0.2) is 14.9 Å². The maximum absolute atomic E-state index is 9.16. The van der Waals surface area contributed by atoms with Crippen LogP contribution in [0.4, 0.5) is 0 Å². The van der Waals surface area contributed by atoms with Gasteiger partial charge in [0, 0.05) is 12.1 Å². The number of halogens is 1. The van der Waals surface area contributed by atoms with E-state index in [0.29, 0.717) is 6.54 Å². The fourth-order valence-corrected chi connectivity index (χ4v) is 1.84. The van der Waals surface area contributed by atoms with E-state index in [9.17, 15) is 0 Å². The quantitative estimate of drug-likeness (QED) is 0.872. The Kier molecular flexibility index (Phi) is 2.75. The van der Waals surface area contributed by atoms with Crippen molar-refractivity contribution < 1.29 is 5.11 Å². The zero-order valence-corrected chi connectivity index (χ0v) is 9.48. The highest BCUT2D eigenvalue weighted by atomic mass is 79.9. The largest absolute Gasteiger partial charge is 0.508 e. The molecule has 78 valence electrons. The SMILES string of the molecule is NCc1cnn(-c2ccc(O)cc2)c1Br. The van der Waals surface area contributed by atoms with E-state index in [1.165, 1.54) is 0 Å². The second kappa shape index (κ2) is 4.04. The molecule has 4 nitrogen and oxygen atoms in total. The predicted octanol–water partition coefficient (Wildman–Crippen LogP) is 1.80. The van der Waals surface area contributed by atoms with Gasteiger partial charge in [0.2, 0.25) is 0 Å². The molecule has 1 heterocycles. The van der Waals surface area contributed by atoms with E-state index < -0.39 is 0 Å². The summed E-state index contributed by atoms with van der Waals surface area (Å²) >= 11 is 3.42. The van der Waals surface area contributed by atoms with Gasteiger partial charge in [-0.2, -0.15) is 5.10 Å². The molecule has 1 aromatic carbocycles. The molecular weight excluding hydrogens is 258 g/mol. The summed E-state index contributed by atoms with van der Waals surface area (Å²) in [6, 6.07) is 6.80. The van der Waals surface area contributed by atoms with Crippen molar-refractivity contribution in [2.45, 2.75) is 6.54 Å². The second-order valence-electron chi connectivity index (χ2n) is 3.09. The van der Waals surface area contributed by atoms with Crippen molar-refractivity contribution >= 4 is 15.9 Å². The number of benzene rings is 1. The molecule has 0 bridgehead atoms. The van der Waals surface area contributed by atoms with Crippen molar-refractivity contribution in [1.82, 2.24) is 9.78 Å². The van der Waals surface area contributed by atoms with Gasteiger partial charge in [-0.3, -0.25) is 0 Å². The molecule has 15 heavy (non-hydrogen) atoms. The number of phenols is 1. The fourth-order valence-electron chi connectivity index (χ4n) is 1.28. The summed E-state index contributed by atoms with van der Waals surface area (Å²) in [4.78, 5) is 0. The lowest BCUT2D eigenvalue weighted by Crippen LogP contribution is -1.98. The lowest BCUT2D eigenvalue weighted by molar-refractivity contribution is 0.475. The highest BCUT2D eigenvalue weighted by Crippen LogP contribution is 2.21. The standard InChI is InChI=1S/C10H10BrN3O/c11-10-7(5-12)6-13-14(10)8-1-3-9(15)4-2-8/h1-4,6,15H,5,12H2. The first-order chi connectivity index (χ1) is 7.22. The van der Waals surface area contributed by atoms with Gasteiger partial charge >= 0.3 is 0 Å². The predicted molar refractivity (Wildman–Crippen MR) is 60.8 cm³/mol. The van der Waals surface area contributed by atoms with E-state index in [1.54, 1.807) is 35.1 Å². The Bertz CT molecular complexity index is 464.